The molecule has 0 aliphatic carbocycles. The Bertz CT molecular complexity index is 1280. The van der Waals surface area contributed by atoms with E-state index in [1.165, 1.54) is 0 Å². The largest absolute Gasteiger partial charge is 0.376 e. The van der Waals surface area contributed by atoms with Crippen molar-refractivity contribution in [3.63, 3.8) is 0 Å². The smallest absolute Gasteiger partial charge is 0.249 e. The molecule has 8 nitrogen and oxygen atoms in total. The molecule has 0 saturated carbocycles. The average molecular weight is 414 g/mol. The number of carbonyl (C=O) groups excluding carboxylic acids is 1. The van der Waals surface area contributed by atoms with Gasteiger partial charge in [-0.2, -0.15) is 4.98 Å². The minimum absolute atomic E-state index is 0.453. The number of benzene rings is 1. The van der Waals surface area contributed by atoms with E-state index in [-0.39, 0.29) is 0 Å². The molecule has 156 valence electrons. The van der Waals surface area contributed by atoms with Crippen LogP contribution in [0.15, 0.2) is 48.8 Å². The number of hydrogen-bond acceptors (Lipinski definition) is 6. The average Bonchev–Trinajstić information content (AvgIpc) is 3.13. The summed E-state index contributed by atoms with van der Waals surface area (Å²) in [7, 11) is 0. The van der Waals surface area contributed by atoms with E-state index in [0.29, 0.717) is 31.3 Å². The number of nitrogens with two attached hydrogens (primary N) is 1. The number of nitrogens with zero attached hydrogens (tertiary/aromatic N) is 4. The molecule has 31 heavy (non-hydrogen) atoms. The molecular weight excluding hydrogens is 392 g/mol. The van der Waals surface area contributed by atoms with Crippen molar-refractivity contribution in [1.29, 1.82) is 0 Å². The number of aryl methyl sites for hydroxylation is 1. The maximum atomic E-state index is 11.9. The van der Waals surface area contributed by atoms with E-state index in [1.807, 2.05) is 41.8 Å². The van der Waals surface area contributed by atoms with E-state index >= 15 is 0 Å². The first-order valence-corrected chi connectivity index (χ1v) is 10.1. The highest BCUT2D eigenvalue weighted by molar-refractivity contribution is 6.06. The molecule has 1 amide bonds. The number of anilines is 1. The topological polar surface area (TPSA) is 108 Å². The quantitative estimate of drug-likeness (QED) is 0.520. The van der Waals surface area contributed by atoms with Crippen LogP contribution in [-0.4, -0.2) is 32.0 Å². The third-order valence-electron chi connectivity index (χ3n) is 5.52. The van der Waals surface area contributed by atoms with E-state index in [4.69, 9.17) is 20.4 Å². The normalized spacial score (nSPS) is 13.2. The summed E-state index contributed by atoms with van der Waals surface area (Å²) < 4.78 is 7.63. The zero-order chi connectivity index (χ0) is 21.4. The summed E-state index contributed by atoms with van der Waals surface area (Å²) in [6, 6.07) is 11.4. The van der Waals surface area contributed by atoms with Crippen molar-refractivity contribution in [1.82, 2.24) is 19.5 Å². The van der Waals surface area contributed by atoms with Crippen molar-refractivity contribution in [2.75, 3.05) is 11.9 Å². The van der Waals surface area contributed by atoms with Crippen molar-refractivity contribution in [2.24, 2.45) is 5.73 Å². The first kappa shape index (κ1) is 19.2. The van der Waals surface area contributed by atoms with E-state index in [1.54, 1.807) is 18.5 Å². The zero-order valence-corrected chi connectivity index (χ0v) is 17.1. The number of pyridine rings is 1. The molecule has 0 atom stereocenters. The molecule has 0 spiro atoms. The van der Waals surface area contributed by atoms with Crippen LogP contribution in [-0.2, 0) is 24.3 Å². The van der Waals surface area contributed by atoms with Crippen LogP contribution in [0.25, 0.3) is 16.9 Å². The molecule has 4 heterocycles. The lowest BCUT2D eigenvalue weighted by molar-refractivity contribution is 0.100. The van der Waals surface area contributed by atoms with Gasteiger partial charge >= 0.3 is 0 Å². The minimum atomic E-state index is -0.453. The summed E-state index contributed by atoms with van der Waals surface area (Å²) in [5.41, 5.74) is 10.9. The van der Waals surface area contributed by atoms with Gasteiger partial charge in [0.05, 0.1) is 24.4 Å². The summed E-state index contributed by atoms with van der Waals surface area (Å²) in [5, 5.41) is 4.24. The van der Waals surface area contributed by atoms with Gasteiger partial charge in [0.1, 0.15) is 5.82 Å². The Morgan fingerprint density at radius 3 is 2.87 bits per heavy atom. The van der Waals surface area contributed by atoms with Gasteiger partial charge < -0.3 is 15.8 Å². The molecule has 1 aliphatic rings. The fourth-order valence-electron chi connectivity index (χ4n) is 3.99. The number of nitrogens with one attached hydrogen (secondary N) is 1. The van der Waals surface area contributed by atoms with Gasteiger partial charge in [-0.1, -0.05) is 6.07 Å². The maximum Gasteiger partial charge on any atom is 0.249 e. The van der Waals surface area contributed by atoms with Crippen LogP contribution in [0, 0.1) is 6.92 Å². The second-order valence-electron chi connectivity index (χ2n) is 7.53. The van der Waals surface area contributed by atoms with Gasteiger partial charge in [-0.05, 0) is 42.8 Å². The van der Waals surface area contributed by atoms with Gasteiger partial charge in [0.15, 0.2) is 0 Å². The Balaban J connectivity index is 1.62. The molecule has 0 saturated heterocycles. The molecule has 3 aromatic heterocycles. The molecule has 8 heteroatoms. The zero-order valence-electron chi connectivity index (χ0n) is 17.1. The summed E-state index contributed by atoms with van der Waals surface area (Å²) in [4.78, 5) is 25.7. The van der Waals surface area contributed by atoms with Crippen molar-refractivity contribution in [3.05, 3.63) is 76.9 Å². The maximum absolute atomic E-state index is 11.9. The van der Waals surface area contributed by atoms with Gasteiger partial charge in [-0.25, -0.2) is 4.98 Å². The van der Waals surface area contributed by atoms with Crippen LogP contribution in [0.2, 0.25) is 0 Å². The van der Waals surface area contributed by atoms with Gasteiger partial charge in [0.25, 0.3) is 0 Å². The number of aromatic nitrogens is 4. The Kier molecular flexibility index (Phi) is 4.83. The number of hydrogen-bond donors (Lipinski definition) is 2. The summed E-state index contributed by atoms with van der Waals surface area (Å²) >= 11 is 0. The van der Waals surface area contributed by atoms with Gasteiger partial charge in [-0.3, -0.25) is 14.3 Å². The van der Waals surface area contributed by atoms with Crippen molar-refractivity contribution >= 4 is 22.6 Å². The molecule has 0 radical (unpaired) electrons. The molecule has 0 fully saturated rings. The molecule has 1 aromatic carbocycles. The van der Waals surface area contributed by atoms with Crippen molar-refractivity contribution in [2.45, 2.75) is 26.5 Å². The number of amides is 1. The molecule has 0 unspecified atom stereocenters. The standard InChI is InChI=1S/C23H22N6O2/c1-14-11-17-16(21(24)30)3-2-4-20(17)29(14)23-27-19-7-10-31-13-18(19)22(28-23)26-12-15-5-8-25-9-6-15/h2-6,8-9,11H,7,10,12-13H2,1H3,(H2,24,30)(H,26,27,28). The highest BCUT2D eigenvalue weighted by atomic mass is 16.5. The monoisotopic (exact) mass is 414 g/mol. The first-order chi connectivity index (χ1) is 15.1. The van der Waals surface area contributed by atoms with Crippen LogP contribution in [0.3, 0.4) is 0 Å². The van der Waals surface area contributed by atoms with Crippen LogP contribution < -0.4 is 11.1 Å². The second kappa shape index (κ2) is 7.81. The molecule has 3 N–H and O–H groups in total. The number of carbonyl (C=O) groups is 1. The second-order valence-corrected chi connectivity index (χ2v) is 7.53. The fourth-order valence-corrected chi connectivity index (χ4v) is 3.99. The Morgan fingerprint density at radius 2 is 2.06 bits per heavy atom. The van der Waals surface area contributed by atoms with E-state index in [9.17, 15) is 4.79 Å². The summed E-state index contributed by atoms with van der Waals surface area (Å²) in [6.45, 7) is 3.69. The SMILES string of the molecule is Cc1cc2c(C(N)=O)cccc2n1-c1nc2c(c(NCc3ccncc3)n1)COCC2. The third kappa shape index (κ3) is 3.51. The van der Waals surface area contributed by atoms with E-state index < -0.39 is 5.91 Å². The molecule has 5 rings (SSSR count). The third-order valence-corrected chi connectivity index (χ3v) is 5.52. The number of rotatable bonds is 5. The lowest BCUT2D eigenvalue weighted by Gasteiger charge is -2.21. The van der Waals surface area contributed by atoms with Crippen LogP contribution in [0.1, 0.15) is 32.9 Å². The number of fused-ring (bicyclic) bond motifs is 2. The van der Waals surface area contributed by atoms with E-state index in [2.05, 4.69) is 10.3 Å². The van der Waals surface area contributed by atoms with Crippen molar-refractivity contribution in [3.8, 4) is 5.95 Å². The van der Waals surface area contributed by atoms with Crippen LogP contribution in [0.5, 0.6) is 0 Å². The number of ether oxygens (including phenoxy) is 1. The van der Waals surface area contributed by atoms with Gasteiger partial charge in [-0.15, -0.1) is 0 Å². The predicted molar refractivity (Wildman–Crippen MR) is 117 cm³/mol. The summed E-state index contributed by atoms with van der Waals surface area (Å²) in [5.74, 6) is 0.863. The predicted octanol–water partition coefficient (Wildman–Crippen LogP) is 2.91. The molecular formula is C23H22N6O2. The van der Waals surface area contributed by atoms with Crippen LogP contribution >= 0.6 is 0 Å². The molecule has 1 aliphatic heterocycles. The highest BCUT2D eigenvalue weighted by Gasteiger charge is 2.21. The lowest BCUT2D eigenvalue weighted by atomic mass is 10.1. The molecule has 0 bridgehead atoms. The van der Waals surface area contributed by atoms with Crippen LogP contribution in [0.4, 0.5) is 5.82 Å². The fraction of sp³-hybridized carbons (Fsp3) is 0.217. The highest BCUT2D eigenvalue weighted by Crippen LogP contribution is 2.29. The number of primary amides is 1. The summed E-state index contributed by atoms with van der Waals surface area (Å²) in [6.07, 6.45) is 4.26. The Morgan fingerprint density at radius 1 is 1.23 bits per heavy atom. The van der Waals surface area contributed by atoms with Crippen molar-refractivity contribution < 1.29 is 9.53 Å². The molecule has 4 aromatic rings. The van der Waals surface area contributed by atoms with Gasteiger partial charge in [0.2, 0.25) is 11.9 Å². The first-order valence-electron chi connectivity index (χ1n) is 10.1. The lowest BCUT2D eigenvalue weighted by Crippen LogP contribution is -2.19. The Hall–Kier alpha value is -3.78. The van der Waals surface area contributed by atoms with E-state index in [0.717, 1.165) is 45.7 Å². The van der Waals surface area contributed by atoms with Gasteiger partial charge in [0, 0.05) is 47.6 Å². The Labute approximate surface area is 179 Å². The minimum Gasteiger partial charge on any atom is -0.376 e.